The van der Waals surface area contributed by atoms with Gasteiger partial charge in [0, 0.05) is 12.3 Å². The van der Waals surface area contributed by atoms with Crippen LogP contribution < -0.4 is 5.32 Å². The lowest BCUT2D eigenvalue weighted by molar-refractivity contribution is 0.525. The van der Waals surface area contributed by atoms with E-state index >= 15 is 0 Å². The zero-order valence-electron chi connectivity index (χ0n) is 10.4. The van der Waals surface area contributed by atoms with E-state index in [9.17, 15) is 0 Å². The van der Waals surface area contributed by atoms with Gasteiger partial charge in [-0.25, -0.2) is 0 Å². The summed E-state index contributed by atoms with van der Waals surface area (Å²) in [6.45, 7) is 13.6. The normalized spacial score (nSPS) is 14.4. The van der Waals surface area contributed by atoms with Gasteiger partial charge in [0.1, 0.15) is 0 Å². The molecule has 0 aromatic rings. The summed E-state index contributed by atoms with van der Waals surface area (Å²) in [6, 6.07) is 0.496. The highest BCUT2D eigenvalue weighted by atomic mass is 15.0. The number of allylic oxidation sites excluding steroid dienone is 2. The van der Waals surface area contributed by atoms with Crippen molar-refractivity contribution in [1.82, 2.24) is 5.32 Å². The van der Waals surface area contributed by atoms with E-state index in [4.69, 9.17) is 0 Å². The number of rotatable bonds is 4. The second-order valence-corrected chi connectivity index (χ2v) is 4.82. The van der Waals surface area contributed by atoms with Crippen LogP contribution in [0.25, 0.3) is 0 Å². The lowest BCUT2D eigenvalue weighted by Gasteiger charge is -2.19. The van der Waals surface area contributed by atoms with Gasteiger partial charge in [0.25, 0.3) is 0 Å². The van der Waals surface area contributed by atoms with Crippen LogP contribution in [0.3, 0.4) is 0 Å². The standard InChI is InChI=1S/C12H24N2/c1-7-11(12(4,5)6)8-13-9-14-10(2)3/h7-8,10,14H,9H2,1-6H3/b11-7+,13-8?. The molecule has 0 fully saturated rings. The zero-order chi connectivity index (χ0) is 11.2. The number of nitrogens with one attached hydrogen (secondary N) is 1. The summed E-state index contributed by atoms with van der Waals surface area (Å²) in [5, 5.41) is 3.25. The molecule has 0 saturated carbocycles. The van der Waals surface area contributed by atoms with Crippen LogP contribution in [0.2, 0.25) is 0 Å². The van der Waals surface area contributed by atoms with Gasteiger partial charge in [-0.3, -0.25) is 10.3 Å². The molecule has 2 nitrogen and oxygen atoms in total. The van der Waals surface area contributed by atoms with E-state index in [0.717, 1.165) is 0 Å². The van der Waals surface area contributed by atoms with Crippen LogP contribution >= 0.6 is 0 Å². The first kappa shape index (κ1) is 13.4. The summed E-state index contributed by atoms with van der Waals surface area (Å²) in [5.74, 6) is 0. The summed E-state index contributed by atoms with van der Waals surface area (Å²) in [4.78, 5) is 4.34. The van der Waals surface area contributed by atoms with Crippen LogP contribution in [0, 0.1) is 5.41 Å². The smallest absolute Gasteiger partial charge is 0.0886 e. The molecule has 0 heterocycles. The van der Waals surface area contributed by atoms with E-state index < -0.39 is 0 Å². The van der Waals surface area contributed by atoms with Gasteiger partial charge in [0.05, 0.1) is 6.67 Å². The monoisotopic (exact) mass is 196 g/mol. The molecule has 0 atom stereocenters. The van der Waals surface area contributed by atoms with Crippen molar-refractivity contribution in [3.63, 3.8) is 0 Å². The summed E-state index contributed by atoms with van der Waals surface area (Å²) >= 11 is 0. The van der Waals surface area contributed by atoms with Crippen molar-refractivity contribution in [2.75, 3.05) is 6.67 Å². The molecule has 0 spiro atoms. The molecule has 0 amide bonds. The van der Waals surface area contributed by atoms with Crippen molar-refractivity contribution < 1.29 is 0 Å². The molecule has 82 valence electrons. The van der Waals surface area contributed by atoms with Gasteiger partial charge in [0.15, 0.2) is 0 Å². The minimum Gasteiger partial charge on any atom is -0.296 e. The van der Waals surface area contributed by atoms with E-state index in [1.807, 2.05) is 6.21 Å². The Morgan fingerprint density at radius 1 is 1.36 bits per heavy atom. The molecule has 0 aliphatic carbocycles. The van der Waals surface area contributed by atoms with Crippen molar-refractivity contribution in [2.45, 2.75) is 47.6 Å². The van der Waals surface area contributed by atoms with Crippen LogP contribution in [-0.4, -0.2) is 18.9 Å². The Balaban J connectivity index is 4.09. The second-order valence-electron chi connectivity index (χ2n) is 4.82. The largest absolute Gasteiger partial charge is 0.296 e. The fraction of sp³-hybridized carbons (Fsp3) is 0.750. The SMILES string of the molecule is C/C=C(\C=NCNC(C)C)C(C)(C)C. The molecule has 0 saturated heterocycles. The molecule has 0 aromatic carbocycles. The molecule has 0 aliphatic rings. The van der Waals surface area contributed by atoms with Gasteiger partial charge in [0.2, 0.25) is 0 Å². The van der Waals surface area contributed by atoms with Crippen LogP contribution in [0.4, 0.5) is 0 Å². The van der Waals surface area contributed by atoms with Crippen molar-refractivity contribution >= 4 is 6.21 Å². The average Bonchev–Trinajstić information content (AvgIpc) is 2.01. The summed E-state index contributed by atoms with van der Waals surface area (Å²) in [5.41, 5.74) is 1.47. The van der Waals surface area contributed by atoms with E-state index in [-0.39, 0.29) is 5.41 Å². The maximum atomic E-state index is 4.34. The quantitative estimate of drug-likeness (QED) is 0.687. The maximum Gasteiger partial charge on any atom is 0.0886 e. The molecule has 14 heavy (non-hydrogen) atoms. The summed E-state index contributed by atoms with van der Waals surface area (Å²) < 4.78 is 0. The van der Waals surface area contributed by atoms with Gasteiger partial charge in [-0.05, 0) is 31.8 Å². The van der Waals surface area contributed by atoms with Gasteiger partial charge in [-0.15, -0.1) is 0 Å². The van der Waals surface area contributed by atoms with E-state index in [1.54, 1.807) is 0 Å². The van der Waals surface area contributed by atoms with E-state index in [1.165, 1.54) is 5.57 Å². The number of aliphatic imine (C=N–C) groups is 1. The number of hydrogen-bond donors (Lipinski definition) is 1. The zero-order valence-corrected chi connectivity index (χ0v) is 10.4. The molecule has 0 aliphatic heterocycles. The fourth-order valence-corrected chi connectivity index (χ4v) is 1.08. The van der Waals surface area contributed by atoms with Crippen LogP contribution in [0.15, 0.2) is 16.6 Å². The Morgan fingerprint density at radius 3 is 2.29 bits per heavy atom. The van der Waals surface area contributed by atoms with E-state index in [2.05, 4.69) is 57.9 Å². The topological polar surface area (TPSA) is 24.4 Å². The Bertz CT molecular complexity index is 207. The number of hydrogen-bond acceptors (Lipinski definition) is 2. The molecule has 0 unspecified atom stereocenters. The molecule has 0 radical (unpaired) electrons. The fourth-order valence-electron chi connectivity index (χ4n) is 1.08. The number of nitrogens with zero attached hydrogens (tertiary/aromatic N) is 1. The average molecular weight is 196 g/mol. The highest BCUT2D eigenvalue weighted by Crippen LogP contribution is 2.22. The summed E-state index contributed by atoms with van der Waals surface area (Å²) in [6.07, 6.45) is 4.09. The molecule has 0 bridgehead atoms. The molecular weight excluding hydrogens is 172 g/mol. The van der Waals surface area contributed by atoms with Gasteiger partial charge >= 0.3 is 0 Å². The molecule has 2 heteroatoms. The Labute approximate surface area is 88.5 Å². The van der Waals surface area contributed by atoms with E-state index in [0.29, 0.717) is 12.7 Å². The highest BCUT2D eigenvalue weighted by molar-refractivity contribution is 5.79. The molecular formula is C12H24N2. The van der Waals surface area contributed by atoms with Crippen molar-refractivity contribution in [1.29, 1.82) is 0 Å². The third-order valence-corrected chi connectivity index (χ3v) is 2.00. The Morgan fingerprint density at radius 2 is 1.93 bits per heavy atom. The molecule has 0 rings (SSSR count). The maximum absolute atomic E-state index is 4.34. The van der Waals surface area contributed by atoms with Crippen molar-refractivity contribution in [3.8, 4) is 0 Å². The molecule has 0 aromatic heterocycles. The van der Waals surface area contributed by atoms with Crippen LogP contribution in [-0.2, 0) is 0 Å². The lowest BCUT2D eigenvalue weighted by atomic mass is 9.87. The third kappa shape index (κ3) is 5.92. The summed E-state index contributed by atoms with van der Waals surface area (Å²) in [7, 11) is 0. The van der Waals surface area contributed by atoms with Gasteiger partial charge < -0.3 is 0 Å². The third-order valence-electron chi connectivity index (χ3n) is 2.00. The van der Waals surface area contributed by atoms with Crippen LogP contribution in [0.5, 0.6) is 0 Å². The molecule has 1 N–H and O–H groups in total. The van der Waals surface area contributed by atoms with Crippen molar-refractivity contribution in [2.24, 2.45) is 10.4 Å². The highest BCUT2D eigenvalue weighted by Gasteiger charge is 2.13. The minimum absolute atomic E-state index is 0.191. The Kier molecular flexibility index (Phi) is 5.70. The first-order valence-corrected chi connectivity index (χ1v) is 5.28. The minimum atomic E-state index is 0.191. The predicted octanol–water partition coefficient (Wildman–Crippen LogP) is 3.01. The first-order valence-electron chi connectivity index (χ1n) is 5.28. The first-order chi connectivity index (χ1) is 6.38. The van der Waals surface area contributed by atoms with Crippen LogP contribution in [0.1, 0.15) is 41.5 Å². The van der Waals surface area contributed by atoms with Gasteiger partial charge in [-0.1, -0.05) is 26.8 Å². The van der Waals surface area contributed by atoms with Gasteiger partial charge in [-0.2, -0.15) is 0 Å². The predicted molar refractivity (Wildman–Crippen MR) is 64.8 cm³/mol. The Hall–Kier alpha value is -0.630. The second kappa shape index (κ2) is 5.97. The lowest BCUT2D eigenvalue weighted by Crippen LogP contribution is -2.22. The van der Waals surface area contributed by atoms with Crippen molar-refractivity contribution in [3.05, 3.63) is 11.6 Å².